The molecule has 1 fully saturated rings. The lowest BCUT2D eigenvalue weighted by atomic mass is 9.75. The molecule has 0 N–H and O–H groups in total. The van der Waals surface area contributed by atoms with Crippen molar-refractivity contribution >= 4 is 0 Å². The van der Waals surface area contributed by atoms with Gasteiger partial charge in [0.1, 0.15) is 0 Å². The molecule has 0 aromatic heterocycles. The molecule has 3 aromatic carbocycles. The summed E-state index contributed by atoms with van der Waals surface area (Å²) in [5.41, 5.74) is 7.12. The van der Waals surface area contributed by atoms with Gasteiger partial charge in [0.25, 0.3) is 0 Å². The Hall–Kier alpha value is -2.34. The Bertz CT molecular complexity index is 912. The summed E-state index contributed by atoms with van der Waals surface area (Å²) in [6.07, 6.45) is 12.0. The average Bonchev–Trinajstić information content (AvgIpc) is 2.85. The van der Waals surface area contributed by atoms with Gasteiger partial charge in [0.2, 0.25) is 0 Å². The molecule has 32 heavy (non-hydrogen) atoms. The maximum Gasteiger partial charge on any atom is -0.0184 e. The standard InChI is InChI=1S/C32H40/c1-3-7-26-16-20-31(21-17-26)32-22-18-28(19-23-32)11-10-27-12-14-29(15-13-27)24-25(2)30-8-5-4-6-9-30/h4-6,8-9,16-23,25,27,29H,3,7,10-15,24H2,1-2H3/t25-,27?,29?/m1/s1. The highest BCUT2D eigenvalue weighted by Gasteiger charge is 2.23. The van der Waals surface area contributed by atoms with Crippen molar-refractivity contribution < 1.29 is 0 Å². The van der Waals surface area contributed by atoms with Gasteiger partial charge in [0.05, 0.1) is 0 Å². The van der Waals surface area contributed by atoms with E-state index in [1.807, 2.05) is 0 Å². The Kier molecular flexibility index (Phi) is 8.21. The van der Waals surface area contributed by atoms with Crippen molar-refractivity contribution in [3.8, 4) is 11.1 Å². The summed E-state index contributed by atoms with van der Waals surface area (Å²) in [7, 11) is 0. The van der Waals surface area contributed by atoms with Gasteiger partial charge in [-0.3, -0.25) is 0 Å². The van der Waals surface area contributed by atoms with Crippen LogP contribution in [0, 0.1) is 11.8 Å². The summed E-state index contributed by atoms with van der Waals surface area (Å²) in [6.45, 7) is 4.65. The third-order valence-electron chi connectivity index (χ3n) is 7.64. The molecule has 168 valence electrons. The van der Waals surface area contributed by atoms with Crippen LogP contribution in [0.15, 0.2) is 78.9 Å². The molecule has 0 spiro atoms. The molecule has 0 heteroatoms. The molecule has 0 bridgehead atoms. The second-order valence-corrected chi connectivity index (χ2v) is 10.1. The van der Waals surface area contributed by atoms with Crippen LogP contribution in [0.2, 0.25) is 0 Å². The minimum Gasteiger partial charge on any atom is -0.0651 e. The summed E-state index contributed by atoms with van der Waals surface area (Å²) in [5.74, 6) is 2.53. The molecule has 1 saturated carbocycles. The zero-order valence-corrected chi connectivity index (χ0v) is 20.1. The number of aryl methyl sites for hydroxylation is 2. The van der Waals surface area contributed by atoms with Crippen molar-refractivity contribution in [1.82, 2.24) is 0 Å². The van der Waals surface area contributed by atoms with Gasteiger partial charge in [-0.05, 0) is 71.3 Å². The third kappa shape index (κ3) is 6.35. The van der Waals surface area contributed by atoms with E-state index in [2.05, 4.69) is 92.7 Å². The van der Waals surface area contributed by atoms with Crippen molar-refractivity contribution in [3.63, 3.8) is 0 Å². The lowest BCUT2D eigenvalue weighted by molar-refractivity contribution is 0.245. The highest BCUT2D eigenvalue weighted by Crippen LogP contribution is 2.37. The number of benzene rings is 3. The van der Waals surface area contributed by atoms with E-state index in [9.17, 15) is 0 Å². The van der Waals surface area contributed by atoms with Crippen LogP contribution >= 0.6 is 0 Å². The number of rotatable bonds is 9. The van der Waals surface area contributed by atoms with Crippen molar-refractivity contribution in [3.05, 3.63) is 95.6 Å². The molecule has 1 atom stereocenters. The molecular formula is C32H40. The monoisotopic (exact) mass is 424 g/mol. The Morgan fingerprint density at radius 1 is 0.656 bits per heavy atom. The van der Waals surface area contributed by atoms with Crippen LogP contribution in [0.1, 0.15) is 81.4 Å². The maximum atomic E-state index is 2.41. The molecule has 0 saturated heterocycles. The summed E-state index contributed by atoms with van der Waals surface area (Å²) >= 11 is 0. The van der Waals surface area contributed by atoms with E-state index >= 15 is 0 Å². The fraction of sp³-hybridized carbons (Fsp3) is 0.438. The fourth-order valence-electron chi connectivity index (χ4n) is 5.56. The molecule has 1 aliphatic carbocycles. The van der Waals surface area contributed by atoms with Gasteiger partial charge in [-0.1, -0.05) is 125 Å². The summed E-state index contributed by atoms with van der Waals surface area (Å²) in [4.78, 5) is 0. The first-order valence-corrected chi connectivity index (χ1v) is 12.9. The highest BCUT2D eigenvalue weighted by atomic mass is 14.3. The fourth-order valence-corrected chi connectivity index (χ4v) is 5.56. The van der Waals surface area contributed by atoms with Crippen LogP contribution in [0.4, 0.5) is 0 Å². The van der Waals surface area contributed by atoms with E-state index in [1.165, 1.54) is 85.6 Å². The molecule has 0 aliphatic heterocycles. The first-order valence-electron chi connectivity index (χ1n) is 12.9. The highest BCUT2D eigenvalue weighted by molar-refractivity contribution is 5.64. The second-order valence-electron chi connectivity index (χ2n) is 10.1. The SMILES string of the molecule is CCCc1ccc(-c2ccc(CCC3CCC(C[C@@H](C)c4ccccc4)CC3)cc2)cc1. The van der Waals surface area contributed by atoms with Crippen molar-refractivity contribution in [2.45, 2.75) is 77.6 Å². The maximum absolute atomic E-state index is 2.41. The molecule has 1 aliphatic rings. The molecule has 0 radical (unpaired) electrons. The number of hydrogen-bond donors (Lipinski definition) is 0. The summed E-state index contributed by atoms with van der Waals surface area (Å²) < 4.78 is 0. The Balaban J connectivity index is 1.21. The molecule has 0 amide bonds. The Labute approximate surface area is 196 Å². The Morgan fingerprint density at radius 2 is 1.19 bits per heavy atom. The van der Waals surface area contributed by atoms with Gasteiger partial charge in [-0.25, -0.2) is 0 Å². The first-order chi connectivity index (χ1) is 15.7. The van der Waals surface area contributed by atoms with Crippen LogP contribution in [0.3, 0.4) is 0 Å². The van der Waals surface area contributed by atoms with Crippen molar-refractivity contribution in [1.29, 1.82) is 0 Å². The van der Waals surface area contributed by atoms with Gasteiger partial charge in [-0.2, -0.15) is 0 Å². The molecule has 3 aromatic rings. The lowest BCUT2D eigenvalue weighted by Gasteiger charge is -2.30. The smallest absolute Gasteiger partial charge is 0.0184 e. The predicted molar refractivity (Wildman–Crippen MR) is 139 cm³/mol. The minimum absolute atomic E-state index is 0.694. The van der Waals surface area contributed by atoms with E-state index in [4.69, 9.17) is 0 Å². The second kappa shape index (κ2) is 11.5. The molecular weight excluding hydrogens is 384 g/mol. The van der Waals surface area contributed by atoms with Gasteiger partial charge < -0.3 is 0 Å². The van der Waals surface area contributed by atoms with Crippen LogP contribution in [-0.4, -0.2) is 0 Å². The van der Waals surface area contributed by atoms with Crippen molar-refractivity contribution in [2.24, 2.45) is 11.8 Å². The quantitative estimate of drug-likeness (QED) is 0.321. The van der Waals surface area contributed by atoms with Gasteiger partial charge in [0.15, 0.2) is 0 Å². The summed E-state index contributed by atoms with van der Waals surface area (Å²) in [5, 5.41) is 0. The van der Waals surface area contributed by atoms with E-state index in [1.54, 1.807) is 0 Å². The Morgan fingerprint density at radius 3 is 1.75 bits per heavy atom. The number of hydrogen-bond acceptors (Lipinski definition) is 0. The van der Waals surface area contributed by atoms with E-state index in [0.29, 0.717) is 5.92 Å². The largest absolute Gasteiger partial charge is 0.0651 e. The zero-order valence-electron chi connectivity index (χ0n) is 20.1. The van der Waals surface area contributed by atoms with Crippen molar-refractivity contribution in [2.75, 3.05) is 0 Å². The molecule has 0 heterocycles. The zero-order chi connectivity index (χ0) is 22.2. The minimum atomic E-state index is 0.694. The molecule has 0 unspecified atom stereocenters. The first kappa shape index (κ1) is 22.8. The summed E-state index contributed by atoms with van der Waals surface area (Å²) in [6, 6.07) is 29.5. The molecule has 4 rings (SSSR count). The average molecular weight is 425 g/mol. The van der Waals surface area contributed by atoms with Crippen LogP contribution in [0.25, 0.3) is 11.1 Å². The topological polar surface area (TPSA) is 0 Å². The van der Waals surface area contributed by atoms with Crippen LogP contribution in [0.5, 0.6) is 0 Å². The van der Waals surface area contributed by atoms with Gasteiger partial charge in [-0.15, -0.1) is 0 Å². The third-order valence-corrected chi connectivity index (χ3v) is 7.64. The van der Waals surface area contributed by atoms with E-state index in [0.717, 1.165) is 11.8 Å². The van der Waals surface area contributed by atoms with Gasteiger partial charge >= 0.3 is 0 Å². The van der Waals surface area contributed by atoms with Gasteiger partial charge in [0, 0.05) is 0 Å². The van der Waals surface area contributed by atoms with E-state index in [-0.39, 0.29) is 0 Å². The van der Waals surface area contributed by atoms with E-state index < -0.39 is 0 Å². The molecule has 0 nitrogen and oxygen atoms in total. The van der Waals surface area contributed by atoms with Crippen LogP contribution in [-0.2, 0) is 12.8 Å². The van der Waals surface area contributed by atoms with Crippen LogP contribution < -0.4 is 0 Å². The predicted octanol–water partition coefficient (Wildman–Crippen LogP) is 9.24. The normalized spacial score (nSPS) is 19.6. The lowest BCUT2D eigenvalue weighted by Crippen LogP contribution is -2.16.